The minimum atomic E-state index is 0.404. The van der Waals surface area contributed by atoms with E-state index in [1.54, 1.807) is 35.8 Å². The maximum Gasteiger partial charge on any atom is 0.164 e. The zero-order valence-electron chi connectivity index (χ0n) is 18.4. The summed E-state index contributed by atoms with van der Waals surface area (Å²) in [6.07, 6.45) is 8.21. The number of aromatic nitrogens is 8. The summed E-state index contributed by atoms with van der Waals surface area (Å²) in [5.41, 5.74) is 3.83. The van der Waals surface area contributed by atoms with Gasteiger partial charge in [-0.05, 0) is 24.3 Å². The van der Waals surface area contributed by atoms with Crippen LogP contribution in [0.1, 0.15) is 25.5 Å². The third kappa shape index (κ3) is 3.55. The highest BCUT2D eigenvalue weighted by molar-refractivity contribution is 8.00. The van der Waals surface area contributed by atoms with Gasteiger partial charge in [0.25, 0.3) is 0 Å². The van der Waals surface area contributed by atoms with Crippen molar-refractivity contribution in [2.75, 3.05) is 18.0 Å². The standard InChI is InChI=1S/C22H23N9S2/c1-3-4-16-15(9-27-29-16)19-28-17-20(30(19)2)24-12-26-22(17)33-13-5-7-31(10-13)18-14-6-8-32-21(14)25-11-23-18/h6,8-9,11-13H,3-5,7,10H2,1-2H3,(H,27,29). The van der Waals surface area contributed by atoms with Gasteiger partial charge in [0.2, 0.25) is 0 Å². The second-order valence-electron chi connectivity index (χ2n) is 8.17. The summed E-state index contributed by atoms with van der Waals surface area (Å²) in [6.45, 7) is 4.05. The number of hydrogen-bond acceptors (Lipinski definition) is 9. The summed E-state index contributed by atoms with van der Waals surface area (Å²) in [6, 6.07) is 2.11. The molecule has 1 aliphatic rings. The first-order valence-electron chi connectivity index (χ1n) is 11.0. The number of fused-ring (bicyclic) bond motifs is 2. The van der Waals surface area contributed by atoms with Gasteiger partial charge in [-0.3, -0.25) is 5.10 Å². The highest BCUT2D eigenvalue weighted by Crippen LogP contribution is 2.36. The molecule has 1 N–H and O–H groups in total. The maximum absolute atomic E-state index is 4.98. The van der Waals surface area contributed by atoms with Crippen LogP contribution in [0.4, 0.5) is 5.82 Å². The number of anilines is 1. The van der Waals surface area contributed by atoms with Gasteiger partial charge in [-0.2, -0.15) is 5.10 Å². The molecule has 5 aromatic heterocycles. The first kappa shape index (κ1) is 20.5. The van der Waals surface area contributed by atoms with Crippen molar-refractivity contribution in [1.29, 1.82) is 0 Å². The van der Waals surface area contributed by atoms with Crippen molar-refractivity contribution in [3.63, 3.8) is 0 Å². The molecule has 11 heteroatoms. The minimum Gasteiger partial charge on any atom is -0.355 e. The average molecular weight is 478 g/mol. The summed E-state index contributed by atoms with van der Waals surface area (Å²) in [4.78, 5) is 26.5. The Morgan fingerprint density at radius 3 is 3.03 bits per heavy atom. The van der Waals surface area contributed by atoms with Gasteiger partial charge in [0.15, 0.2) is 5.65 Å². The number of rotatable bonds is 6. The van der Waals surface area contributed by atoms with Gasteiger partial charge in [0.05, 0.1) is 17.1 Å². The number of imidazole rings is 1. The number of H-pyrrole nitrogens is 1. The van der Waals surface area contributed by atoms with Crippen LogP contribution in [0.5, 0.6) is 0 Å². The van der Waals surface area contributed by atoms with Crippen LogP contribution in [-0.2, 0) is 13.5 Å². The average Bonchev–Trinajstić information content (AvgIpc) is 3.61. The molecule has 0 spiro atoms. The Labute approximate surface area is 198 Å². The molecule has 1 atom stereocenters. The fraction of sp³-hybridized carbons (Fsp3) is 0.364. The van der Waals surface area contributed by atoms with Crippen molar-refractivity contribution in [2.24, 2.45) is 7.05 Å². The van der Waals surface area contributed by atoms with E-state index in [0.717, 1.165) is 81.7 Å². The van der Waals surface area contributed by atoms with Gasteiger partial charge in [-0.15, -0.1) is 11.3 Å². The van der Waals surface area contributed by atoms with Gasteiger partial charge in [-0.1, -0.05) is 25.1 Å². The van der Waals surface area contributed by atoms with Gasteiger partial charge >= 0.3 is 0 Å². The molecule has 0 radical (unpaired) electrons. The smallest absolute Gasteiger partial charge is 0.164 e. The van der Waals surface area contributed by atoms with Crippen LogP contribution in [0.3, 0.4) is 0 Å². The second-order valence-corrected chi connectivity index (χ2v) is 10.4. The van der Waals surface area contributed by atoms with E-state index in [4.69, 9.17) is 4.98 Å². The maximum atomic E-state index is 4.98. The largest absolute Gasteiger partial charge is 0.355 e. The zero-order valence-corrected chi connectivity index (χ0v) is 20.0. The molecular weight excluding hydrogens is 454 g/mol. The summed E-state index contributed by atoms with van der Waals surface area (Å²) in [5, 5.41) is 11.9. The summed E-state index contributed by atoms with van der Waals surface area (Å²) in [5.74, 6) is 1.90. The zero-order chi connectivity index (χ0) is 22.4. The fourth-order valence-corrected chi connectivity index (χ4v) is 6.33. The summed E-state index contributed by atoms with van der Waals surface area (Å²) >= 11 is 3.44. The van der Waals surface area contributed by atoms with E-state index in [2.05, 4.69) is 53.4 Å². The van der Waals surface area contributed by atoms with Crippen LogP contribution in [-0.4, -0.2) is 58.0 Å². The molecule has 1 saturated heterocycles. The van der Waals surface area contributed by atoms with Gasteiger partial charge < -0.3 is 9.47 Å². The molecule has 1 fully saturated rings. The Bertz CT molecular complexity index is 1440. The van der Waals surface area contributed by atoms with E-state index in [0.29, 0.717) is 5.25 Å². The molecule has 5 aromatic rings. The first-order valence-corrected chi connectivity index (χ1v) is 12.8. The van der Waals surface area contributed by atoms with Crippen LogP contribution >= 0.6 is 23.1 Å². The first-order chi connectivity index (χ1) is 16.2. The van der Waals surface area contributed by atoms with Crippen molar-refractivity contribution >= 4 is 50.3 Å². The lowest BCUT2D eigenvalue weighted by Gasteiger charge is -2.17. The third-order valence-corrected chi connectivity index (χ3v) is 8.11. The van der Waals surface area contributed by atoms with Crippen LogP contribution in [0, 0.1) is 0 Å². The molecule has 0 saturated carbocycles. The number of hydrogen-bond donors (Lipinski definition) is 1. The second kappa shape index (κ2) is 8.38. The molecule has 0 bridgehead atoms. The predicted molar refractivity (Wildman–Crippen MR) is 132 cm³/mol. The molecule has 1 aliphatic heterocycles. The Kier molecular flexibility index (Phi) is 5.22. The van der Waals surface area contributed by atoms with Gasteiger partial charge in [0, 0.05) is 31.1 Å². The fourth-order valence-electron chi connectivity index (χ4n) is 4.46. The molecule has 1 unspecified atom stereocenters. The molecular formula is C22H23N9S2. The predicted octanol–water partition coefficient (Wildman–Crippen LogP) is 4.08. The molecule has 6 heterocycles. The number of thiophene rings is 1. The highest BCUT2D eigenvalue weighted by atomic mass is 32.2. The lowest BCUT2D eigenvalue weighted by molar-refractivity contribution is 0.863. The van der Waals surface area contributed by atoms with E-state index in [-0.39, 0.29) is 0 Å². The summed E-state index contributed by atoms with van der Waals surface area (Å²) < 4.78 is 2.04. The van der Waals surface area contributed by atoms with Gasteiger partial charge in [-0.25, -0.2) is 24.9 Å². The van der Waals surface area contributed by atoms with Crippen molar-refractivity contribution in [3.8, 4) is 11.4 Å². The number of aromatic amines is 1. The lowest BCUT2D eigenvalue weighted by atomic mass is 10.1. The van der Waals surface area contributed by atoms with Crippen LogP contribution in [0.2, 0.25) is 0 Å². The Balaban J connectivity index is 1.28. The Morgan fingerprint density at radius 1 is 1.21 bits per heavy atom. The van der Waals surface area contributed by atoms with E-state index in [9.17, 15) is 0 Å². The summed E-state index contributed by atoms with van der Waals surface area (Å²) in [7, 11) is 2.01. The molecule has 0 aromatic carbocycles. The molecule has 0 aliphatic carbocycles. The topological polar surface area (TPSA) is 101 Å². The minimum absolute atomic E-state index is 0.404. The van der Waals surface area contributed by atoms with E-state index in [1.807, 2.05) is 17.8 Å². The Morgan fingerprint density at radius 2 is 2.12 bits per heavy atom. The number of nitrogens with zero attached hydrogens (tertiary/aromatic N) is 8. The molecule has 33 heavy (non-hydrogen) atoms. The SMILES string of the molecule is CCCc1[nH]ncc1-c1nc2c(SC3CCN(c4ncnc5sccc45)C3)ncnc2n1C. The highest BCUT2D eigenvalue weighted by Gasteiger charge is 2.28. The van der Waals surface area contributed by atoms with Crippen LogP contribution in [0.25, 0.3) is 32.8 Å². The van der Waals surface area contributed by atoms with Crippen molar-refractivity contribution < 1.29 is 0 Å². The van der Waals surface area contributed by atoms with E-state index >= 15 is 0 Å². The number of aryl methyl sites for hydroxylation is 2. The Hall–Kier alpha value is -3.05. The normalized spacial score (nSPS) is 16.4. The van der Waals surface area contributed by atoms with E-state index < -0.39 is 0 Å². The number of thioether (sulfide) groups is 1. The van der Waals surface area contributed by atoms with Crippen molar-refractivity contribution in [2.45, 2.75) is 36.5 Å². The number of nitrogens with one attached hydrogen (secondary N) is 1. The van der Waals surface area contributed by atoms with Crippen molar-refractivity contribution in [1.82, 2.24) is 39.7 Å². The molecule has 6 rings (SSSR count). The van der Waals surface area contributed by atoms with Crippen LogP contribution in [0.15, 0.2) is 35.3 Å². The monoisotopic (exact) mass is 477 g/mol. The molecule has 9 nitrogen and oxygen atoms in total. The third-order valence-electron chi connectivity index (χ3n) is 6.05. The van der Waals surface area contributed by atoms with Gasteiger partial charge in [0.1, 0.15) is 39.7 Å². The van der Waals surface area contributed by atoms with Crippen molar-refractivity contribution in [3.05, 3.63) is 36.0 Å². The van der Waals surface area contributed by atoms with Crippen LogP contribution < -0.4 is 4.90 Å². The molecule has 0 amide bonds. The van der Waals surface area contributed by atoms with E-state index in [1.165, 1.54) is 0 Å². The quantitative estimate of drug-likeness (QED) is 0.365. The molecule has 168 valence electrons. The lowest BCUT2D eigenvalue weighted by Crippen LogP contribution is -2.21.